The third kappa shape index (κ3) is 3.19. The maximum atomic E-state index is 5.65. The monoisotopic (exact) mass is 239 g/mol. The smallest absolute Gasteiger partial charge is 0.180 e. The van der Waals surface area contributed by atoms with E-state index in [0.717, 1.165) is 12.2 Å². The molecular formula is C12H21N3S. The Bertz CT molecular complexity index is 346. The van der Waals surface area contributed by atoms with Gasteiger partial charge in [-0.15, -0.1) is 11.3 Å². The summed E-state index contributed by atoms with van der Waals surface area (Å²) in [6.07, 6.45) is 3.92. The molecule has 0 atom stereocenters. The highest BCUT2D eigenvalue weighted by molar-refractivity contribution is 7.13. The van der Waals surface area contributed by atoms with Crippen molar-refractivity contribution in [1.82, 2.24) is 9.88 Å². The molecule has 1 aliphatic rings. The van der Waals surface area contributed by atoms with Gasteiger partial charge in [0.25, 0.3) is 0 Å². The van der Waals surface area contributed by atoms with Crippen LogP contribution in [0.5, 0.6) is 0 Å². The highest BCUT2D eigenvalue weighted by Gasteiger charge is 2.23. The van der Waals surface area contributed by atoms with E-state index < -0.39 is 0 Å². The topological polar surface area (TPSA) is 42.1 Å². The van der Waals surface area contributed by atoms with Gasteiger partial charge in [-0.25, -0.2) is 4.98 Å². The first kappa shape index (κ1) is 11.9. The summed E-state index contributed by atoms with van der Waals surface area (Å²) in [5.41, 5.74) is 7.28. The fraction of sp³-hybridized carbons (Fsp3) is 0.750. The second-order valence-electron chi connectivity index (χ2n) is 5.47. The van der Waals surface area contributed by atoms with Gasteiger partial charge in [-0.05, 0) is 37.8 Å². The average molecular weight is 239 g/mol. The summed E-state index contributed by atoms with van der Waals surface area (Å²) in [6.45, 7) is 8.09. The van der Waals surface area contributed by atoms with Crippen molar-refractivity contribution >= 4 is 16.5 Å². The average Bonchev–Trinajstić information content (AvgIpc) is 2.52. The standard InChI is InChI=1S/C12H21N3S/c1-12(2)4-3-6-15(7-5-12)8-10-9-16-11(13)14-10/h9H,3-8H2,1-2H3,(H2,13,14). The Morgan fingerprint density at radius 2 is 2.25 bits per heavy atom. The van der Waals surface area contributed by atoms with Crippen molar-refractivity contribution < 1.29 is 0 Å². The van der Waals surface area contributed by atoms with Crippen molar-refractivity contribution in [3.05, 3.63) is 11.1 Å². The highest BCUT2D eigenvalue weighted by Crippen LogP contribution is 2.30. The lowest BCUT2D eigenvalue weighted by atomic mass is 9.85. The SMILES string of the molecule is CC1(C)CCCN(Cc2csc(N)n2)CC1. The van der Waals surface area contributed by atoms with Gasteiger partial charge in [-0.1, -0.05) is 13.8 Å². The van der Waals surface area contributed by atoms with Crippen LogP contribution in [-0.4, -0.2) is 23.0 Å². The minimum atomic E-state index is 0.510. The molecule has 0 saturated carbocycles. The van der Waals surface area contributed by atoms with Gasteiger partial charge in [0.15, 0.2) is 5.13 Å². The summed E-state index contributed by atoms with van der Waals surface area (Å²) in [5, 5.41) is 2.76. The van der Waals surface area contributed by atoms with E-state index in [9.17, 15) is 0 Å². The first-order valence-corrected chi connectivity index (χ1v) is 6.85. The van der Waals surface area contributed by atoms with Gasteiger partial charge in [-0.2, -0.15) is 0 Å². The Morgan fingerprint density at radius 1 is 1.44 bits per heavy atom. The first-order chi connectivity index (χ1) is 7.55. The quantitative estimate of drug-likeness (QED) is 0.863. The molecule has 2 rings (SSSR count). The lowest BCUT2D eigenvalue weighted by molar-refractivity contribution is 0.254. The molecule has 0 unspecified atom stereocenters. The Morgan fingerprint density at radius 3 is 2.94 bits per heavy atom. The number of hydrogen-bond donors (Lipinski definition) is 1. The molecule has 1 aliphatic heterocycles. The highest BCUT2D eigenvalue weighted by atomic mass is 32.1. The zero-order chi connectivity index (χ0) is 11.6. The number of nitrogens with two attached hydrogens (primary N) is 1. The molecule has 0 spiro atoms. The maximum absolute atomic E-state index is 5.65. The third-order valence-corrected chi connectivity index (χ3v) is 4.11. The Hall–Kier alpha value is -0.610. The summed E-state index contributed by atoms with van der Waals surface area (Å²) in [4.78, 5) is 6.83. The van der Waals surface area contributed by atoms with Crippen LogP contribution in [0.15, 0.2) is 5.38 Å². The molecule has 1 aromatic rings. The zero-order valence-electron chi connectivity index (χ0n) is 10.2. The van der Waals surface area contributed by atoms with Gasteiger partial charge < -0.3 is 5.73 Å². The van der Waals surface area contributed by atoms with E-state index in [1.807, 2.05) is 0 Å². The van der Waals surface area contributed by atoms with Crippen LogP contribution in [0.4, 0.5) is 5.13 Å². The molecule has 0 amide bonds. The fourth-order valence-corrected chi connectivity index (χ4v) is 2.82. The second kappa shape index (κ2) is 4.72. The van der Waals surface area contributed by atoms with Crippen molar-refractivity contribution in [3.63, 3.8) is 0 Å². The molecule has 0 aromatic carbocycles. The van der Waals surface area contributed by atoms with Crippen LogP contribution in [0.2, 0.25) is 0 Å². The Labute approximate surface area is 102 Å². The Kier molecular flexibility index (Phi) is 3.50. The number of nitrogens with zero attached hydrogens (tertiary/aromatic N) is 2. The lowest BCUT2D eigenvalue weighted by Gasteiger charge is -2.22. The molecule has 2 N–H and O–H groups in total. The van der Waals surface area contributed by atoms with E-state index in [4.69, 9.17) is 5.73 Å². The number of rotatable bonds is 2. The van der Waals surface area contributed by atoms with Crippen LogP contribution in [0.1, 0.15) is 38.8 Å². The summed E-state index contributed by atoms with van der Waals surface area (Å²) in [5.74, 6) is 0. The number of thiazole rings is 1. The number of anilines is 1. The van der Waals surface area contributed by atoms with Crippen molar-refractivity contribution in [2.75, 3.05) is 18.8 Å². The van der Waals surface area contributed by atoms with Crippen LogP contribution in [0.25, 0.3) is 0 Å². The van der Waals surface area contributed by atoms with Gasteiger partial charge in [-0.3, -0.25) is 4.90 Å². The maximum Gasteiger partial charge on any atom is 0.180 e. The molecular weight excluding hydrogens is 218 g/mol. The van der Waals surface area contributed by atoms with Gasteiger partial charge in [0.1, 0.15) is 0 Å². The number of nitrogen functional groups attached to an aromatic ring is 1. The lowest BCUT2D eigenvalue weighted by Crippen LogP contribution is -2.25. The summed E-state index contributed by atoms with van der Waals surface area (Å²) in [7, 11) is 0. The van der Waals surface area contributed by atoms with Gasteiger partial charge in [0, 0.05) is 11.9 Å². The van der Waals surface area contributed by atoms with Crippen molar-refractivity contribution in [2.45, 2.75) is 39.7 Å². The minimum Gasteiger partial charge on any atom is -0.375 e. The summed E-state index contributed by atoms with van der Waals surface area (Å²) in [6, 6.07) is 0. The molecule has 4 heteroatoms. The van der Waals surface area contributed by atoms with Gasteiger partial charge in [0.05, 0.1) is 5.69 Å². The first-order valence-electron chi connectivity index (χ1n) is 5.97. The second-order valence-corrected chi connectivity index (χ2v) is 6.36. The summed E-state index contributed by atoms with van der Waals surface area (Å²) < 4.78 is 0. The number of likely N-dealkylation sites (tertiary alicyclic amines) is 1. The molecule has 0 radical (unpaired) electrons. The van der Waals surface area contributed by atoms with Crippen molar-refractivity contribution in [2.24, 2.45) is 5.41 Å². The van der Waals surface area contributed by atoms with E-state index in [-0.39, 0.29) is 0 Å². The predicted octanol–water partition coefficient (Wildman–Crippen LogP) is 2.74. The van der Waals surface area contributed by atoms with E-state index in [2.05, 4.69) is 29.1 Å². The van der Waals surface area contributed by atoms with E-state index in [0.29, 0.717) is 10.5 Å². The van der Waals surface area contributed by atoms with Crippen LogP contribution in [0.3, 0.4) is 0 Å². The minimum absolute atomic E-state index is 0.510. The predicted molar refractivity (Wildman–Crippen MR) is 69.4 cm³/mol. The normalized spacial score (nSPS) is 21.9. The van der Waals surface area contributed by atoms with Gasteiger partial charge >= 0.3 is 0 Å². The van der Waals surface area contributed by atoms with Crippen LogP contribution >= 0.6 is 11.3 Å². The molecule has 2 heterocycles. The Balaban J connectivity index is 1.91. The molecule has 16 heavy (non-hydrogen) atoms. The number of hydrogen-bond acceptors (Lipinski definition) is 4. The number of aromatic nitrogens is 1. The van der Waals surface area contributed by atoms with Crippen LogP contribution < -0.4 is 5.73 Å². The molecule has 1 aromatic heterocycles. The zero-order valence-corrected chi connectivity index (χ0v) is 11.0. The summed E-state index contributed by atoms with van der Waals surface area (Å²) >= 11 is 1.54. The van der Waals surface area contributed by atoms with E-state index in [1.165, 1.54) is 43.7 Å². The molecule has 90 valence electrons. The third-order valence-electron chi connectivity index (χ3n) is 3.39. The van der Waals surface area contributed by atoms with Crippen molar-refractivity contribution in [3.8, 4) is 0 Å². The molecule has 1 fully saturated rings. The molecule has 0 aliphatic carbocycles. The van der Waals surface area contributed by atoms with Gasteiger partial charge in [0.2, 0.25) is 0 Å². The van der Waals surface area contributed by atoms with Crippen LogP contribution in [-0.2, 0) is 6.54 Å². The van der Waals surface area contributed by atoms with E-state index in [1.54, 1.807) is 0 Å². The molecule has 3 nitrogen and oxygen atoms in total. The fourth-order valence-electron chi connectivity index (χ4n) is 2.26. The van der Waals surface area contributed by atoms with Crippen molar-refractivity contribution in [1.29, 1.82) is 0 Å². The molecule has 1 saturated heterocycles. The van der Waals surface area contributed by atoms with E-state index >= 15 is 0 Å². The molecule has 0 bridgehead atoms. The largest absolute Gasteiger partial charge is 0.375 e. The van der Waals surface area contributed by atoms with Crippen LogP contribution in [0, 0.1) is 5.41 Å².